The van der Waals surface area contributed by atoms with E-state index in [1.165, 1.54) is 6.20 Å². The van der Waals surface area contributed by atoms with Crippen molar-refractivity contribution in [1.82, 2.24) is 14.8 Å². The number of nitrogens with one attached hydrogen (secondary N) is 1. The third kappa shape index (κ3) is 5.17. The Labute approximate surface area is 238 Å². The molecular formula is C32H31ClN4O3. The molecule has 1 atom stereocenters. The Hall–Kier alpha value is -4.59. The smallest absolute Gasteiger partial charge is 0.251 e. The van der Waals surface area contributed by atoms with Gasteiger partial charge in [0.2, 0.25) is 0 Å². The molecule has 0 saturated heterocycles. The van der Waals surface area contributed by atoms with Gasteiger partial charge in [0.05, 0.1) is 11.2 Å². The zero-order valence-electron chi connectivity index (χ0n) is 22.4. The highest BCUT2D eigenvalue weighted by atomic mass is 35.5. The number of rotatable bonds is 9. The van der Waals surface area contributed by atoms with Crippen LogP contribution in [0.3, 0.4) is 0 Å². The van der Waals surface area contributed by atoms with Crippen LogP contribution in [0.5, 0.6) is 0 Å². The number of fused-ring (bicyclic) bond motifs is 1. The summed E-state index contributed by atoms with van der Waals surface area (Å²) in [5.74, 6) is -0.259. The number of aliphatic hydroxyl groups is 1. The summed E-state index contributed by atoms with van der Waals surface area (Å²) >= 11 is 6.28. The zero-order valence-corrected chi connectivity index (χ0v) is 23.2. The number of pyridine rings is 1. The Balaban J connectivity index is 1.98. The SMILES string of the molecule is C=CCNC(=O)c1ccc(C(O)(/C(=C/N)N(C)C=C)c2ccc3c(c2)c(-c2cccc(Cl)c2)cc(=O)n3C)cc1. The van der Waals surface area contributed by atoms with E-state index >= 15 is 0 Å². The number of benzene rings is 3. The summed E-state index contributed by atoms with van der Waals surface area (Å²) in [6, 6.07) is 20.9. The maximum Gasteiger partial charge on any atom is 0.251 e. The molecule has 0 fully saturated rings. The largest absolute Gasteiger partial charge is 0.403 e. The molecule has 0 aliphatic rings. The third-order valence-electron chi connectivity index (χ3n) is 6.95. The fourth-order valence-electron chi connectivity index (χ4n) is 4.76. The van der Waals surface area contributed by atoms with Crippen LogP contribution in [0.25, 0.3) is 22.0 Å². The molecule has 7 nitrogen and oxygen atoms in total. The van der Waals surface area contributed by atoms with Crippen LogP contribution < -0.4 is 16.6 Å². The minimum Gasteiger partial charge on any atom is -0.403 e. The van der Waals surface area contributed by atoms with E-state index in [1.807, 2.05) is 18.2 Å². The van der Waals surface area contributed by atoms with Crippen molar-refractivity contribution < 1.29 is 9.90 Å². The molecule has 3 aromatic carbocycles. The van der Waals surface area contributed by atoms with E-state index in [4.69, 9.17) is 17.3 Å². The first-order valence-corrected chi connectivity index (χ1v) is 12.9. The minimum atomic E-state index is -1.75. The quantitative estimate of drug-likeness (QED) is 0.256. The predicted molar refractivity (Wildman–Crippen MR) is 162 cm³/mol. The van der Waals surface area contributed by atoms with E-state index in [0.29, 0.717) is 45.0 Å². The summed E-state index contributed by atoms with van der Waals surface area (Å²) in [7, 11) is 3.43. The summed E-state index contributed by atoms with van der Waals surface area (Å²) in [4.78, 5) is 27.0. The summed E-state index contributed by atoms with van der Waals surface area (Å²) in [5, 5.41) is 16.6. The van der Waals surface area contributed by atoms with Crippen molar-refractivity contribution in [3.63, 3.8) is 0 Å². The predicted octanol–water partition coefficient (Wildman–Crippen LogP) is 4.89. The Kier molecular flexibility index (Phi) is 8.28. The van der Waals surface area contributed by atoms with Crippen LogP contribution in [0, 0.1) is 0 Å². The molecule has 4 N–H and O–H groups in total. The number of nitrogens with zero attached hydrogens (tertiary/aromatic N) is 2. The molecule has 4 rings (SSSR count). The number of nitrogens with two attached hydrogens (primary N) is 1. The lowest BCUT2D eigenvalue weighted by Gasteiger charge is -2.36. The number of aromatic nitrogens is 1. The number of carbonyl (C=O) groups excluding carboxylic acids is 1. The van der Waals surface area contributed by atoms with Crippen molar-refractivity contribution in [2.45, 2.75) is 5.60 Å². The van der Waals surface area contributed by atoms with E-state index in [9.17, 15) is 14.7 Å². The number of aryl methyl sites for hydroxylation is 1. The second-order valence-corrected chi connectivity index (χ2v) is 9.77. The van der Waals surface area contributed by atoms with Gasteiger partial charge < -0.3 is 25.6 Å². The number of halogens is 1. The average Bonchev–Trinajstić information content (AvgIpc) is 2.97. The topological polar surface area (TPSA) is 101 Å². The summed E-state index contributed by atoms with van der Waals surface area (Å²) in [6.07, 6.45) is 4.47. The maximum absolute atomic E-state index is 12.8. The Morgan fingerprint density at radius 1 is 1.10 bits per heavy atom. The Morgan fingerprint density at radius 3 is 2.42 bits per heavy atom. The second kappa shape index (κ2) is 11.7. The van der Waals surface area contributed by atoms with Gasteiger partial charge in [-0.1, -0.05) is 54.6 Å². The highest BCUT2D eigenvalue weighted by Gasteiger charge is 2.38. The van der Waals surface area contributed by atoms with Crippen molar-refractivity contribution in [2.24, 2.45) is 12.8 Å². The first kappa shape index (κ1) is 28.4. The molecule has 1 aromatic heterocycles. The van der Waals surface area contributed by atoms with Crippen molar-refractivity contribution in [2.75, 3.05) is 13.6 Å². The standard InChI is InChI=1S/C32H31ClN4O3/c1-5-16-35-31(39)21-10-12-23(13-11-21)32(40,29(20-34)36(3)6-2)24-14-15-28-27(18-24)26(19-30(38)37(28)4)22-8-7-9-25(33)17-22/h5-15,17-20,40H,1-2,16,34H2,3-4H3,(H,35,39)/b29-20-. The van der Waals surface area contributed by atoms with Gasteiger partial charge in [-0.3, -0.25) is 9.59 Å². The molecule has 0 bridgehead atoms. The van der Waals surface area contributed by atoms with Gasteiger partial charge in [0, 0.05) is 48.9 Å². The number of likely N-dealkylation sites (N-methyl/N-ethyl adjacent to an activating group) is 1. The van der Waals surface area contributed by atoms with Crippen LogP contribution in [0.1, 0.15) is 21.5 Å². The molecule has 1 heterocycles. The lowest BCUT2D eigenvalue weighted by atomic mass is 9.81. The molecule has 4 aromatic rings. The van der Waals surface area contributed by atoms with Crippen molar-refractivity contribution in [1.29, 1.82) is 0 Å². The summed E-state index contributed by atoms with van der Waals surface area (Å²) < 4.78 is 1.55. The van der Waals surface area contributed by atoms with E-state index in [1.54, 1.807) is 90.4 Å². The molecular weight excluding hydrogens is 524 g/mol. The number of hydrogen-bond acceptors (Lipinski definition) is 5. The molecule has 1 unspecified atom stereocenters. The van der Waals surface area contributed by atoms with Gasteiger partial charge in [-0.15, -0.1) is 6.58 Å². The van der Waals surface area contributed by atoms with E-state index < -0.39 is 5.60 Å². The fourth-order valence-corrected chi connectivity index (χ4v) is 4.96. The van der Waals surface area contributed by atoms with Crippen LogP contribution >= 0.6 is 11.6 Å². The highest BCUT2D eigenvalue weighted by molar-refractivity contribution is 6.30. The lowest BCUT2D eigenvalue weighted by molar-refractivity contribution is 0.0946. The molecule has 40 heavy (non-hydrogen) atoms. The van der Waals surface area contributed by atoms with E-state index in [0.717, 1.165) is 10.9 Å². The zero-order chi connectivity index (χ0) is 29.0. The third-order valence-corrected chi connectivity index (χ3v) is 7.19. The van der Waals surface area contributed by atoms with E-state index in [-0.39, 0.29) is 11.5 Å². The van der Waals surface area contributed by atoms with Crippen molar-refractivity contribution in [3.8, 4) is 11.1 Å². The molecule has 0 aliphatic carbocycles. The van der Waals surface area contributed by atoms with Gasteiger partial charge in [0.15, 0.2) is 5.60 Å². The van der Waals surface area contributed by atoms with Crippen LogP contribution in [-0.2, 0) is 12.6 Å². The van der Waals surface area contributed by atoms with Crippen LogP contribution in [0.2, 0.25) is 5.02 Å². The molecule has 1 amide bonds. The number of hydrogen-bond donors (Lipinski definition) is 3. The molecule has 0 saturated carbocycles. The minimum absolute atomic E-state index is 0.176. The summed E-state index contributed by atoms with van der Waals surface area (Å²) in [6.45, 7) is 7.79. The summed E-state index contributed by atoms with van der Waals surface area (Å²) in [5.41, 5.74) is 8.04. The van der Waals surface area contributed by atoms with Gasteiger partial charge in [-0.25, -0.2) is 0 Å². The van der Waals surface area contributed by atoms with E-state index in [2.05, 4.69) is 18.5 Å². The fraction of sp³-hybridized carbons (Fsp3) is 0.125. The van der Waals surface area contributed by atoms with Crippen LogP contribution in [0.15, 0.2) is 115 Å². The Bertz CT molecular complexity index is 1690. The molecule has 0 aliphatic heterocycles. The molecule has 0 radical (unpaired) electrons. The monoisotopic (exact) mass is 554 g/mol. The highest BCUT2D eigenvalue weighted by Crippen LogP contribution is 2.40. The van der Waals surface area contributed by atoms with Gasteiger partial charge in [-0.2, -0.15) is 0 Å². The van der Waals surface area contributed by atoms with Gasteiger partial charge in [0.25, 0.3) is 11.5 Å². The molecule has 8 heteroatoms. The van der Waals surface area contributed by atoms with Gasteiger partial charge in [-0.05, 0) is 64.9 Å². The number of carbonyl (C=O) groups is 1. The van der Waals surface area contributed by atoms with Crippen molar-refractivity contribution in [3.05, 3.63) is 142 Å². The maximum atomic E-state index is 12.8. The second-order valence-electron chi connectivity index (χ2n) is 9.33. The Morgan fingerprint density at radius 2 is 1.80 bits per heavy atom. The van der Waals surface area contributed by atoms with Crippen LogP contribution in [-0.4, -0.2) is 34.1 Å². The normalized spacial score (nSPS) is 12.9. The van der Waals surface area contributed by atoms with Crippen molar-refractivity contribution >= 4 is 28.4 Å². The molecule has 0 spiro atoms. The number of amides is 1. The van der Waals surface area contributed by atoms with Crippen LogP contribution in [0.4, 0.5) is 0 Å². The lowest BCUT2D eigenvalue weighted by Crippen LogP contribution is -2.37. The average molecular weight is 555 g/mol. The first-order valence-electron chi connectivity index (χ1n) is 12.6. The van der Waals surface area contributed by atoms with Gasteiger partial charge >= 0.3 is 0 Å². The first-order chi connectivity index (χ1) is 19.1. The molecule has 204 valence electrons. The van der Waals surface area contributed by atoms with Gasteiger partial charge in [0.1, 0.15) is 0 Å².